The number of ether oxygens (including phenoxy) is 1. The third-order valence-electron chi connectivity index (χ3n) is 2.31. The summed E-state index contributed by atoms with van der Waals surface area (Å²) in [5.41, 5.74) is 0.748. The van der Waals surface area contributed by atoms with Crippen LogP contribution in [0, 0.1) is 0 Å². The predicted molar refractivity (Wildman–Crippen MR) is 67.2 cm³/mol. The predicted octanol–water partition coefficient (Wildman–Crippen LogP) is 3.35. The maximum Gasteiger partial charge on any atom is 0.204 e. The Morgan fingerprint density at radius 2 is 2.33 bits per heavy atom. The summed E-state index contributed by atoms with van der Waals surface area (Å²) in [7, 11) is 0. The van der Waals surface area contributed by atoms with E-state index in [1.807, 2.05) is 6.92 Å². The highest BCUT2D eigenvalue weighted by molar-refractivity contribution is 6.33. The summed E-state index contributed by atoms with van der Waals surface area (Å²) >= 11 is 5.77. The van der Waals surface area contributed by atoms with Gasteiger partial charge in [0.2, 0.25) is 5.22 Å². The van der Waals surface area contributed by atoms with E-state index in [9.17, 15) is 4.79 Å². The van der Waals surface area contributed by atoms with Crippen LogP contribution in [0.2, 0.25) is 5.22 Å². The molecule has 2 rings (SSSR count). The second-order valence-electron chi connectivity index (χ2n) is 3.69. The van der Waals surface area contributed by atoms with Crippen molar-refractivity contribution in [2.45, 2.75) is 13.3 Å². The van der Waals surface area contributed by atoms with Gasteiger partial charge < -0.3 is 9.15 Å². The molecule has 0 saturated carbocycles. The van der Waals surface area contributed by atoms with Crippen molar-refractivity contribution in [2.75, 3.05) is 6.61 Å². The normalized spacial score (nSPS) is 10.3. The van der Waals surface area contributed by atoms with Gasteiger partial charge in [0, 0.05) is 11.8 Å². The molecule has 0 aliphatic heterocycles. The van der Waals surface area contributed by atoms with Gasteiger partial charge in [-0.2, -0.15) is 0 Å². The zero-order chi connectivity index (χ0) is 13.0. The van der Waals surface area contributed by atoms with E-state index >= 15 is 0 Å². The number of nitrogens with zero attached hydrogens (tertiary/aromatic N) is 1. The lowest BCUT2D eigenvalue weighted by Gasteiger charge is -2.05. The molecule has 0 aliphatic rings. The van der Waals surface area contributed by atoms with Crippen molar-refractivity contribution in [3.8, 4) is 5.75 Å². The molecular formula is C13H12ClNO3. The van der Waals surface area contributed by atoms with Gasteiger partial charge in [-0.15, -0.1) is 0 Å². The molecular weight excluding hydrogens is 254 g/mol. The topological polar surface area (TPSA) is 52.3 Å². The molecule has 0 amide bonds. The molecule has 5 heteroatoms. The molecule has 0 fully saturated rings. The molecule has 0 aliphatic carbocycles. The summed E-state index contributed by atoms with van der Waals surface area (Å²) in [6, 6.07) is 3.18. The number of halogens is 1. The van der Waals surface area contributed by atoms with Gasteiger partial charge in [0.25, 0.3) is 0 Å². The summed E-state index contributed by atoms with van der Waals surface area (Å²) in [5.74, 6) is 0.338. The summed E-state index contributed by atoms with van der Waals surface area (Å²) in [6.45, 7) is 2.60. The van der Waals surface area contributed by atoms with Crippen LogP contribution < -0.4 is 4.74 Å². The number of rotatable bonds is 5. The molecule has 0 radical (unpaired) electrons. The van der Waals surface area contributed by atoms with Crippen molar-refractivity contribution in [1.29, 1.82) is 0 Å². The van der Waals surface area contributed by atoms with E-state index in [2.05, 4.69) is 4.98 Å². The Balaban J connectivity index is 2.23. The summed E-state index contributed by atoms with van der Waals surface area (Å²) in [6.07, 6.45) is 5.32. The molecule has 0 spiro atoms. The number of ketones is 1. The number of hydrogen-bond donors (Lipinski definition) is 0. The van der Waals surface area contributed by atoms with E-state index in [4.69, 9.17) is 20.8 Å². The van der Waals surface area contributed by atoms with Crippen LogP contribution in [0.5, 0.6) is 5.75 Å². The zero-order valence-corrected chi connectivity index (χ0v) is 10.6. The second-order valence-corrected chi connectivity index (χ2v) is 4.04. The number of hydrogen-bond acceptors (Lipinski definition) is 4. The Kier molecular flexibility index (Phi) is 3.99. The van der Waals surface area contributed by atoms with Gasteiger partial charge in [-0.25, -0.2) is 0 Å². The molecule has 18 heavy (non-hydrogen) atoms. The molecule has 0 saturated heterocycles. The van der Waals surface area contributed by atoms with E-state index in [1.54, 1.807) is 12.3 Å². The first-order chi connectivity index (χ1) is 8.72. The first-order valence-corrected chi connectivity index (χ1v) is 5.95. The smallest absolute Gasteiger partial charge is 0.204 e. The minimum Gasteiger partial charge on any atom is -0.492 e. The van der Waals surface area contributed by atoms with Crippen molar-refractivity contribution in [3.05, 3.63) is 47.1 Å². The molecule has 2 aromatic rings. The van der Waals surface area contributed by atoms with Gasteiger partial charge in [-0.1, -0.05) is 6.92 Å². The van der Waals surface area contributed by atoms with Gasteiger partial charge in [-0.05, 0) is 30.2 Å². The van der Waals surface area contributed by atoms with Crippen LogP contribution in [0.1, 0.15) is 29.3 Å². The minimum absolute atomic E-state index is 0.0832. The highest BCUT2D eigenvalue weighted by atomic mass is 35.5. The first kappa shape index (κ1) is 12.6. The molecule has 2 heterocycles. The summed E-state index contributed by atoms with van der Waals surface area (Å²) in [5, 5.41) is 0.0832. The third-order valence-corrected chi connectivity index (χ3v) is 2.60. The average molecular weight is 266 g/mol. The molecule has 0 N–H and O–H groups in total. The molecule has 0 atom stereocenters. The molecule has 94 valence electrons. The molecule has 2 aromatic heterocycles. The maximum atomic E-state index is 12.1. The van der Waals surface area contributed by atoms with Crippen molar-refractivity contribution >= 4 is 17.4 Å². The Morgan fingerprint density at radius 3 is 3.00 bits per heavy atom. The maximum absolute atomic E-state index is 12.1. The fourth-order valence-corrected chi connectivity index (χ4v) is 1.65. The molecule has 0 bridgehead atoms. The fraction of sp³-hybridized carbons (Fsp3) is 0.231. The first-order valence-electron chi connectivity index (χ1n) is 5.58. The standard InChI is InChI=1S/C13H12ClNO3/c1-2-4-17-10-6-9(7-15-8-10)12(16)11-3-5-18-13(11)14/h3,5-8H,2,4H2,1H3. The SMILES string of the molecule is CCCOc1cncc(C(=O)c2ccoc2Cl)c1. The van der Waals surface area contributed by atoms with E-state index in [0.29, 0.717) is 23.5 Å². The summed E-state index contributed by atoms with van der Waals surface area (Å²) in [4.78, 5) is 16.1. The van der Waals surface area contributed by atoms with E-state index in [0.717, 1.165) is 6.42 Å². The molecule has 4 nitrogen and oxygen atoms in total. The van der Waals surface area contributed by atoms with Crippen molar-refractivity contribution in [3.63, 3.8) is 0 Å². The zero-order valence-electron chi connectivity index (χ0n) is 9.85. The lowest BCUT2D eigenvalue weighted by atomic mass is 10.1. The Hall–Kier alpha value is -1.81. The van der Waals surface area contributed by atoms with Gasteiger partial charge >= 0.3 is 0 Å². The van der Waals surface area contributed by atoms with Crippen molar-refractivity contribution in [2.24, 2.45) is 0 Å². The number of aromatic nitrogens is 1. The van der Waals surface area contributed by atoms with Crippen molar-refractivity contribution < 1.29 is 13.9 Å². The highest BCUT2D eigenvalue weighted by Gasteiger charge is 2.16. The summed E-state index contributed by atoms with van der Waals surface area (Å²) < 4.78 is 10.3. The van der Waals surface area contributed by atoms with Gasteiger partial charge in [0.15, 0.2) is 5.78 Å². The van der Waals surface area contributed by atoms with E-state index in [-0.39, 0.29) is 11.0 Å². The third kappa shape index (κ3) is 2.71. The number of carbonyl (C=O) groups is 1. The van der Waals surface area contributed by atoms with Crippen LogP contribution in [0.4, 0.5) is 0 Å². The quantitative estimate of drug-likeness (QED) is 0.778. The molecule has 0 unspecified atom stereocenters. The Morgan fingerprint density at radius 1 is 1.50 bits per heavy atom. The number of pyridine rings is 1. The van der Waals surface area contributed by atoms with Crippen LogP contribution in [-0.2, 0) is 0 Å². The van der Waals surface area contributed by atoms with Crippen LogP contribution in [0.25, 0.3) is 0 Å². The van der Waals surface area contributed by atoms with Crippen molar-refractivity contribution in [1.82, 2.24) is 4.98 Å². The molecule has 0 aromatic carbocycles. The lowest BCUT2D eigenvalue weighted by molar-refractivity contribution is 0.103. The van der Waals surface area contributed by atoms with Crippen LogP contribution in [-0.4, -0.2) is 17.4 Å². The van der Waals surface area contributed by atoms with E-state index < -0.39 is 0 Å². The van der Waals surface area contributed by atoms with Crippen LogP contribution in [0.3, 0.4) is 0 Å². The van der Waals surface area contributed by atoms with Crippen LogP contribution >= 0.6 is 11.6 Å². The Labute approximate surface area is 110 Å². The number of furan rings is 1. The monoisotopic (exact) mass is 265 g/mol. The largest absolute Gasteiger partial charge is 0.492 e. The number of carbonyl (C=O) groups excluding carboxylic acids is 1. The van der Waals surface area contributed by atoms with Gasteiger partial charge in [-0.3, -0.25) is 9.78 Å². The average Bonchev–Trinajstić information content (AvgIpc) is 2.82. The highest BCUT2D eigenvalue weighted by Crippen LogP contribution is 2.21. The van der Waals surface area contributed by atoms with Gasteiger partial charge in [0.05, 0.1) is 24.6 Å². The Bertz CT molecular complexity index is 551. The lowest BCUT2D eigenvalue weighted by Crippen LogP contribution is -2.03. The van der Waals surface area contributed by atoms with Crippen LogP contribution in [0.15, 0.2) is 35.2 Å². The minimum atomic E-state index is -0.233. The van der Waals surface area contributed by atoms with E-state index in [1.165, 1.54) is 18.5 Å². The fourth-order valence-electron chi connectivity index (χ4n) is 1.45. The second kappa shape index (κ2) is 5.69. The van der Waals surface area contributed by atoms with Gasteiger partial charge in [0.1, 0.15) is 5.75 Å².